The van der Waals surface area contributed by atoms with Gasteiger partial charge in [-0.3, -0.25) is 14.5 Å². The van der Waals surface area contributed by atoms with Crippen LogP contribution in [0.2, 0.25) is 0 Å². The lowest BCUT2D eigenvalue weighted by Crippen LogP contribution is -2.47. The quantitative estimate of drug-likeness (QED) is 0.671. The Morgan fingerprint density at radius 3 is 2.87 bits per heavy atom. The highest BCUT2D eigenvalue weighted by molar-refractivity contribution is 7.13. The lowest BCUT2D eigenvalue weighted by molar-refractivity contribution is -0.141. The first-order chi connectivity index (χ1) is 14.9. The SMILES string of the molecule is C[C@@H](C1CC1)N(Cc1csc(N)n1)C(=O)CN1C(=O)N[C@]2(CCc3ccccc32)C1=O. The number of aryl methyl sites for hydroxylation is 1. The maximum absolute atomic E-state index is 13.4. The van der Waals surface area contributed by atoms with E-state index in [2.05, 4.69) is 10.3 Å². The Hall–Kier alpha value is -2.94. The van der Waals surface area contributed by atoms with Gasteiger partial charge in [0.15, 0.2) is 5.13 Å². The Morgan fingerprint density at radius 2 is 2.16 bits per heavy atom. The summed E-state index contributed by atoms with van der Waals surface area (Å²) >= 11 is 1.33. The number of aromatic nitrogens is 1. The van der Waals surface area contributed by atoms with Gasteiger partial charge in [-0.15, -0.1) is 11.3 Å². The summed E-state index contributed by atoms with van der Waals surface area (Å²) in [5.41, 5.74) is 7.32. The number of benzene rings is 1. The molecule has 2 aromatic rings. The number of hydrogen-bond acceptors (Lipinski definition) is 6. The molecule has 1 spiro atoms. The minimum Gasteiger partial charge on any atom is -0.375 e. The standard InChI is InChI=1S/C22H25N5O3S/c1-13(14-6-7-14)26(10-16-12-31-20(23)24-16)18(28)11-27-19(29)22(25-21(27)30)9-8-15-4-2-3-5-17(15)22/h2-5,12-14H,6-11H2,1H3,(H2,23,24)(H,25,30)/t13-,22-/m0/s1. The minimum atomic E-state index is -1.05. The molecule has 3 N–H and O–H groups in total. The Morgan fingerprint density at radius 1 is 1.39 bits per heavy atom. The third-order valence-corrected chi connectivity index (χ3v) is 7.46. The van der Waals surface area contributed by atoms with Crippen molar-refractivity contribution in [1.29, 1.82) is 0 Å². The topological polar surface area (TPSA) is 109 Å². The molecule has 1 aromatic carbocycles. The number of anilines is 1. The summed E-state index contributed by atoms with van der Waals surface area (Å²) in [5.74, 6) is -0.151. The van der Waals surface area contributed by atoms with Crippen molar-refractivity contribution in [2.45, 2.75) is 50.7 Å². The maximum Gasteiger partial charge on any atom is 0.325 e. The third-order valence-electron chi connectivity index (χ3n) is 6.73. The normalized spacial score (nSPS) is 23.2. The fourth-order valence-electron chi connectivity index (χ4n) is 4.82. The summed E-state index contributed by atoms with van der Waals surface area (Å²) in [6, 6.07) is 7.18. The first-order valence-corrected chi connectivity index (χ1v) is 11.5. The molecule has 5 rings (SSSR count). The van der Waals surface area contributed by atoms with E-state index in [1.807, 2.05) is 36.6 Å². The number of fused-ring (bicyclic) bond motifs is 2. The van der Waals surface area contributed by atoms with Crippen molar-refractivity contribution in [2.75, 3.05) is 12.3 Å². The molecule has 4 amide bonds. The van der Waals surface area contributed by atoms with Crippen LogP contribution in [0.15, 0.2) is 29.6 Å². The number of imide groups is 1. The molecule has 2 aliphatic carbocycles. The van der Waals surface area contributed by atoms with Gasteiger partial charge in [-0.1, -0.05) is 24.3 Å². The van der Waals surface area contributed by atoms with Crippen LogP contribution in [0, 0.1) is 5.92 Å². The summed E-state index contributed by atoms with van der Waals surface area (Å²) in [7, 11) is 0. The van der Waals surface area contributed by atoms with Gasteiger partial charge < -0.3 is 16.0 Å². The summed E-state index contributed by atoms with van der Waals surface area (Å²) in [4.78, 5) is 46.6. The van der Waals surface area contributed by atoms with Crippen molar-refractivity contribution in [1.82, 2.24) is 20.1 Å². The van der Waals surface area contributed by atoms with Crippen LogP contribution in [0.1, 0.15) is 43.0 Å². The molecule has 0 bridgehead atoms. The number of hydrogen-bond donors (Lipinski definition) is 2. The van der Waals surface area contributed by atoms with Crippen molar-refractivity contribution in [2.24, 2.45) is 5.92 Å². The third kappa shape index (κ3) is 3.37. The molecule has 2 heterocycles. The highest BCUT2D eigenvalue weighted by atomic mass is 32.1. The molecular formula is C22H25N5O3S. The van der Waals surface area contributed by atoms with Gasteiger partial charge in [0.2, 0.25) is 5.91 Å². The molecule has 1 aliphatic heterocycles. The summed E-state index contributed by atoms with van der Waals surface area (Å²) < 4.78 is 0. The van der Waals surface area contributed by atoms with Crippen molar-refractivity contribution in [3.63, 3.8) is 0 Å². The molecule has 31 heavy (non-hydrogen) atoms. The van der Waals surface area contributed by atoms with E-state index in [1.165, 1.54) is 11.3 Å². The fraction of sp³-hybridized carbons (Fsp3) is 0.455. The minimum absolute atomic E-state index is 0.0114. The number of urea groups is 1. The van der Waals surface area contributed by atoms with E-state index >= 15 is 0 Å². The van der Waals surface area contributed by atoms with Gasteiger partial charge in [0.25, 0.3) is 5.91 Å². The molecule has 3 aliphatic rings. The predicted octanol–water partition coefficient (Wildman–Crippen LogP) is 2.25. The molecule has 1 aromatic heterocycles. The molecule has 8 nitrogen and oxygen atoms in total. The number of nitrogens with zero attached hydrogens (tertiary/aromatic N) is 3. The first kappa shape index (κ1) is 20.0. The van der Waals surface area contributed by atoms with Gasteiger partial charge in [0.05, 0.1) is 12.2 Å². The number of carbonyl (C=O) groups excluding carboxylic acids is 3. The van der Waals surface area contributed by atoms with Gasteiger partial charge in [-0.2, -0.15) is 0 Å². The van der Waals surface area contributed by atoms with Crippen LogP contribution in [-0.2, 0) is 28.1 Å². The largest absolute Gasteiger partial charge is 0.375 e. The Bertz CT molecular complexity index is 1060. The van der Waals surface area contributed by atoms with Gasteiger partial charge in [-0.25, -0.2) is 9.78 Å². The highest BCUT2D eigenvalue weighted by Crippen LogP contribution is 2.41. The van der Waals surface area contributed by atoms with E-state index in [1.54, 1.807) is 4.90 Å². The Kier molecular flexibility index (Phi) is 4.73. The number of amides is 4. The van der Waals surface area contributed by atoms with E-state index < -0.39 is 11.6 Å². The van der Waals surface area contributed by atoms with E-state index in [9.17, 15) is 14.4 Å². The van der Waals surface area contributed by atoms with Crippen molar-refractivity contribution in [3.05, 3.63) is 46.5 Å². The number of carbonyl (C=O) groups is 3. The zero-order valence-corrected chi connectivity index (χ0v) is 18.2. The maximum atomic E-state index is 13.4. The monoisotopic (exact) mass is 439 g/mol. The van der Waals surface area contributed by atoms with E-state index in [4.69, 9.17) is 5.73 Å². The molecule has 2 atom stereocenters. The average molecular weight is 440 g/mol. The van der Waals surface area contributed by atoms with Crippen LogP contribution in [0.5, 0.6) is 0 Å². The second kappa shape index (κ2) is 7.33. The second-order valence-electron chi connectivity index (χ2n) is 8.66. The lowest BCUT2D eigenvalue weighted by Gasteiger charge is -2.30. The molecule has 2 fully saturated rings. The number of nitrogen functional groups attached to an aromatic ring is 1. The number of thiazole rings is 1. The number of nitrogens with two attached hydrogens (primary N) is 1. The van der Waals surface area contributed by atoms with Crippen LogP contribution in [-0.4, -0.2) is 45.2 Å². The van der Waals surface area contributed by atoms with Crippen molar-refractivity contribution >= 4 is 34.3 Å². The molecule has 1 saturated carbocycles. The number of rotatable bonds is 6. The summed E-state index contributed by atoms with van der Waals surface area (Å²) in [6.07, 6.45) is 3.39. The van der Waals surface area contributed by atoms with Crippen molar-refractivity contribution in [3.8, 4) is 0 Å². The van der Waals surface area contributed by atoms with Crippen molar-refractivity contribution < 1.29 is 14.4 Å². The highest BCUT2D eigenvalue weighted by Gasteiger charge is 2.55. The lowest BCUT2D eigenvalue weighted by atomic mass is 9.92. The van der Waals surface area contributed by atoms with Crippen LogP contribution < -0.4 is 11.1 Å². The molecule has 1 saturated heterocycles. The Balaban J connectivity index is 1.37. The molecule has 0 unspecified atom stereocenters. The van der Waals surface area contributed by atoms with Gasteiger partial charge >= 0.3 is 6.03 Å². The molecule has 0 radical (unpaired) electrons. The fourth-order valence-corrected chi connectivity index (χ4v) is 5.38. The van der Waals surface area contributed by atoms with Crippen LogP contribution in [0.4, 0.5) is 9.93 Å². The van der Waals surface area contributed by atoms with Crippen LogP contribution in [0.3, 0.4) is 0 Å². The summed E-state index contributed by atoms with van der Waals surface area (Å²) in [6.45, 7) is 2.07. The van der Waals surface area contributed by atoms with Gasteiger partial charge in [0.1, 0.15) is 12.1 Å². The van der Waals surface area contributed by atoms with E-state index in [0.29, 0.717) is 24.0 Å². The zero-order valence-electron chi connectivity index (χ0n) is 17.3. The Labute approximate surface area is 184 Å². The van der Waals surface area contributed by atoms with Crippen LogP contribution in [0.25, 0.3) is 0 Å². The van der Waals surface area contributed by atoms with E-state index in [-0.39, 0.29) is 24.4 Å². The number of nitrogens with one attached hydrogen (secondary N) is 1. The van der Waals surface area contributed by atoms with Crippen LogP contribution >= 0.6 is 11.3 Å². The molecule has 9 heteroatoms. The summed E-state index contributed by atoms with van der Waals surface area (Å²) in [5, 5.41) is 5.18. The van der Waals surface area contributed by atoms with E-state index in [0.717, 1.165) is 41.0 Å². The molecule has 162 valence electrons. The van der Waals surface area contributed by atoms with Gasteiger partial charge in [-0.05, 0) is 49.7 Å². The first-order valence-electron chi connectivity index (χ1n) is 10.6. The van der Waals surface area contributed by atoms with Gasteiger partial charge in [0, 0.05) is 11.4 Å². The zero-order chi connectivity index (χ0) is 21.8. The predicted molar refractivity (Wildman–Crippen MR) is 116 cm³/mol. The smallest absolute Gasteiger partial charge is 0.325 e. The second-order valence-corrected chi connectivity index (χ2v) is 9.55. The average Bonchev–Trinajstić information content (AvgIpc) is 3.37. The molecular weight excluding hydrogens is 414 g/mol.